The second kappa shape index (κ2) is 5.90. The third-order valence-corrected chi connectivity index (χ3v) is 3.98. The van der Waals surface area contributed by atoms with Gasteiger partial charge >= 0.3 is 0 Å². The van der Waals surface area contributed by atoms with Crippen molar-refractivity contribution in [2.75, 3.05) is 5.32 Å². The molecule has 0 radical (unpaired) electrons. The van der Waals surface area contributed by atoms with E-state index in [2.05, 4.69) is 15.5 Å². The molecule has 0 aliphatic rings. The van der Waals surface area contributed by atoms with Crippen LogP contribution in [0.15, 0.2) is 40.8 Å². The predicted octanol–water partition coefficient (Wildman–Crippen LogP) is 3.79. The number of furan rings is 1. The minimum atomic E-state index is -0.583. The lowest BCUT2D eigenvalue weighted by Gasteiger charge is -2.01. The first kappa shape index (κ1) is 14.1. The fourth-order valence-electron chi connectivity index (χ4n) is 1.61. The van der Waals surface area contributed by atoms with E-state index >= 15 is 0 Å². The van der Waals surface area contributed by atoms with E-state index in [-0.39, 0.29) is 10.7 Å². The Hall–Kier alpha value is -1.81. The highest BCUT2D eigenvalue weighted by Crippen LogP contribution is 2.28. The number of rotatable bonds is 3. The van der Waals surface area contributed by atoms with E-state index in [1.165, 1.54) is 18.2 Å². The quantitative estimate of drug-likeness (QED) is 0.661. The Labute approximate surface area is 136 Å². The SMILES string of the molecule is O=C(Nc1nnc(-c2ccc(I)o2)s1)c1ccccc1F. The van der Waals surface area contributed by atoms with E-state index in [1.54, 1.807) is 18.2 Å². The zero-order chi connectivity index (χ0) is 14.8. The first-order valence-corrected chi connectivity index (χ1v) is 7.68. The Morgan fingerprint density at radius 3 is 2.76 bits per heavy atom. The van der Waals surface area contributed by atoms with Gasteiger partial charge in [-0.3, -0.25) is 10.1 Å². The van der Waals surface area contributed by atoms with E-state index in [9.17, 15) is 9.18 Å². The minimum absolute atomic E-state index is 0.0400. The maximum absolute atomic E-state index is 13.5. The van der Waals surface area contributed by atoms with Gasteiger partial charge in [0.1, 0.15) is 5.82 Å². The average molecular weight is 415 g/mol. The van der Waals surface area contributed by atoms with Crippen molar-refractivity contribution in [3.8, 4) is 10.8 Å². The summed E-state index contributed by atoms with van der Waals surface area (Å²) in [5, 5.41) is 11.1. The number of hydrogen-bond acceptors (Lipinski definition) is 5. The average Bonchev–Trinajstić information content (AvgIpc) is 3.08. The van der Waals surface area contributed by atoms with Crippen molar-refractivity contribution in [1.82, 2.24) is 10.2 Å². The van der Waals surface area contributed by atoms with Gasteiger partial charge in [-0.25, -0.2) is 4.39 Å². The number of hydrogen-bond donors (Lipinski definition) is 1. The zero-order valence-electron chi connectivity index (χ0n) is 10.3. The highest BCUT2D eigenvalue weighted by Gasteiger charge is 2.15. The lowest BCUT2D eigenvalue weighted by molar-refractivity contribution is 0.102. The van der Waals surface area contributed by atoms with Gasteiger partial charge in [-0.05, 0) is 46.9 Å². The lowest BCUT2D eigenvalue weighted by atomic mass is 10.2. The largest absolute Gasteiger partial charge is 0.448 e. The third kappa shape index (κ3) is 3.10. The number of aromatic nitrogens is 2. The molecule has 0 bridgehead atoms. The maximum Gasteiger partial charge on any atom is 0.260 e. The number of carbonyl (C=O) groups is 1. The van der Waals surface area contributed by atoms with Crippen LogP contribution in [0.4, 0.5) is 9.52 Å². The van der Waals surface area contributed by atoms with Crippen molar-refractivity contribution in [3.05, 3.63) is 51.5 Å². The fraction of sp³-hybridized carbons (Fsp3) is 0. The van der Waals surface area contributed by atoms with Gasteiger partial charge < -0.3 is 4.42 Å². The molecule has 106 valence electrons. The minimum Gasteiger partial charge on any atom is -0.448 e. The van der Waals surface area contributed by atoms with Crippen LogP contribution in [-0.2, 0) is 0 Å². The molecule has 0 aliphatic carbocycles. The summed E-state index contributed by atoms with van der Waals surface area (Å²) in [6.07, 6.45) is 0. The van der Waals surface area contributed by atoms with Crippen molar-refractivity contribution in [1.29, 1.82) is 0 Å². The van der Waals surface area contributed by atoms with Crippen LogP contribution in [0, 0.1) is 9.58 Å². The van der Waals surface area contributed by atoms with Gasteiger partial charge in [0, 0.05) is 0 Å². The molecule has 0 unspecified atom stereocenters. The van der Waals surface area contributed by atoms with E-state index in [1.807, 2.05) is 22.6 Å². The lowest BCUT2D eigenvalue weighted by Crippen LogP contribution is -2.13. The predicted molar refractivity (Wildman–Crippen MR) is 84.7 cm³/mol. The van der Waals surface area contributed by atoms with Crippen LogP contribution in [0.1, 0.15) is 10.4 Å². The summed E-state index contributed by atoms with van der Waals surface area (Å²) in [4.78, 5) is 11.9. The van der Waals surface area contributed by atoms with E-state index in [0.717, 1.165) is 15.1 Å². The summed E-state index contributed by atoms with van der Waals surface area (Å²) in [6, 6.07) is 9.31. The summed E-state index contributed by atoms with van der Waals surface area (Å²) in [5.41, 5.74) is -0.0400. The zero-order valence-corrected chi connectivity index (χ0v) is 13.3. The molecule has 0 saturated heterocycles. The third-order valence-electron chi connectivity index (χ3n) is 2.55. The first-order valence-electron chi connectivity index (χ1n) is 5.78. The van der Waals surface area contributed by atoms with Crippen LogP contribution >= 0.6 is 33.9 Å². The highest BCUT2D eigenvalue weighted by molar-refractivity contribution is 14.1. The molecular formula is C13H7FIN3O2S. The summed E-state index contributed by atoms with van der Waals surface area (Å²) >= 11 is 3.20. The Balaban J connectivity index is 1.79. The Morgan fingerprint density at radius 2 is 2.05 bits per heavy atom. The molecule has 21 heavy (non-hydrogen) atoms. The number of amides is 1. The molecule has 1 amide bonds. The number of carbonyl (C=O) groups excluding carboxylic acids is 1. The Kier molecular flexibility index (Phi) is 3.97. The van der Waals surface area contributed by atoms with Crippen molar-refractivity contribution < 1.29 is 13.6 Å². The van der Waals surface area contributed by atoms with E-state index in [0.29, 0.717) is 10.8 Å². The van der Waals surface area contributed by atoms with Crippen LogP contribution in [-0.4, -0.2) is 16.1 Å². The molecule has 0 aliphatic heterocycles. The van der Waals surface area contributed by atoms with Crippen molar-refractivity contribution in [2.45, 2.75) is 0 Å². The van der Waals surface area contributed by atoms with Crippen LogP contribution in [0.2, 0.25) is 0 Å². The first-order chi connectivity index (χ1) is 10.1. The molecule has 3 aromatic rings. The molecule has 5 nitrogen and oxygen atoms in total. The van der Waals surface area contributed by atoms with Crippen molar-refractivity contribution >= 4 is 45.0 Å². The van der Waals surface area contributed by atoms with Crippen LogP contribution < -0.4 is 5.32 Å². The van der Waals surface area contributed by atoms with Gasteiger partial charge in [0.25, 0.3) is 5.91 Å². The number of nitrogens with zero attached hydrogens (tertiary/aromatic N) is 2. The molecule has 0 atom stereocenters. The molecule has 1 N–H and O–H groups in total. The molecule has 2 heterocycles. The number of halogens is 2. The summed E-state index contributed by atoms with van der Waals surface area (Å²) in [6.45, 7) is 0. The normalized spacial score (nSPS) is 10.6. The molecule has 0 spiro atoms. The highest BCUT2D eigenvalue weighted by atomic mass is 127. The number of nitrogens with one attached hydrogen (secondary N) is 1. The van der Waals surface area contributed by atoms with Crippen LogP contribution in [0.5, 0.6) is 0 Å². The van der Waals surface area contributed by atoms with Crippen molar-refractivity contribution in [2.24, 2.45) is 0 Å². The molecule has 8 heteroatoms. The molecule has 0 saturated carbocycles. The van der Waals surface area contributed by atoms with Gasteiger partial charge in [-0.1, -0.05) is 23.5 Å². The summed E-state index contributed by atoms with van der Waals surface area (Å²) in [5.74, 6) is -0.576. The molecular weight excluding hydrogens is 408 g/mol. The van der Waals surface area contributed by atoms with E-state index in [4.69, 9.17) is 4.42 Å². The Morgan fingerprint density at radius 1 is 1.24 bits per heavy atom. The topological polar surface area (TPSA) is 68.0 Å². The number of anilines is 1. The van der Waals surface area contributed by atoms with Gasteiger partial charge in [0.05, 0.1) is 5.56 Å². The second-order valence-corrected chi connectivity index (χ2v) is 5.99. The summed E-state index contributed by atoms with van der Waals surface area (Å²) < 4.78 is 19.7. The monoisotopic (exact) mass is 415 g/mol. The maximum atomic E-state index is 13.5. The van der Waals surface area contributed by atoms with Gasteiger partial charge in [0.2, 0.25) is 5.13 Å². The summed E-state index contributed by atoms with van der Waals surface area (Å²) in [7, 11) is 0. The Bertz CT molecular complexity index is 802. The molecule has 2 aromatic heterocycles. The molecule has 1 aromatic carbocycles. The smallest absolute Gasteiger partial charge is 0.260 e. The number of benzene rings is 1. The van der Waals surface area contributed by atoms with E-state index < -0.39 is 11.7 Å². The fourth-order valence-corrected chi connectivity index (χ4v) is 2.73. The van der Waals surface area contributed by atoms with Gasteiger partial charge in [0.15, 0.2) is 14.5 Å². The van der Waals surface area contributed by atoms with Crippen molar-refractivity contribution in [3.63, 3.8) is 0 Å². The molecule has 0 fully saturated rings. The van der Waals surface area contributed by atoms with Gasteiger partial charge in [-0.2, -0.15) is 0 Å². The standard InChI is InChI=1S/C13H7FIN3O2S/c14-8-4-2-1-3-7(8)11(19)16-13-18-17-12(21-13)9-5-6-10(15)20-9/h1-6H,(H,16,18,19). The van der Waals surface area contributed by atoms with Crippen LogP contribution in [0.3, 0.4) is 0 Å². The molecule has 3 rings (SSSR count). The van der Waals surface area contributed by atoms with Crippen LogP contribution in [0.25, 0.3) is 10.8 Å². The second-order valence-electron chi connectivity index (χ2n) is 3.95. The van der Waals surface area contributed by atoms with Gasteiger partial charge in [-0.15, -0.1) is 10.2 Å².